The molecule has 0 fully saturated rings. The molecule has 0 bridgehead atoms. The number of hydrogen-bond donors (Lipinski definition) is 1. The Morgan fingerprint density at radius 1 is 1.48 bits per heavy atom. The summed E-state index contributed by atoms with van der Waals surface area (Å²) in [5.41, 5.74) is 2.80. The molecule has 11 heteroatoms. The molecule has 2 aromatic heterocycles. The molecule has 0 unspecified atom stereocenters. The third kappa shape index (κ3) is 4.80. The molecule has 2 aromatic rings. The highest BCUT2D eigenvalue weighted by atomic mass is 35.5. The van der Waals surface area contributed by atoms with Crippen molar-refractivity contribution in [3.05, 3.63) is 27.6 Å². The smallest absolute Gasteiger partial charge is 0.324 e. The van der Waals surface area contributed by atoms with Crippen molar-refractivity contribution in [2.75, 3.05) is 24.9 Å². The number of rotatable bonds is 5. The fourth-order valence-corrected chi connectivity index (χ4v) is 4.98. The zero-order valence-corrected chi connectivity index (χ0v) is 17.3. The summed E-state index contributed by atoms with van der Waals surface area (Å²) >= 11 is 2.79. The molecule has 0 aliphatic heterocycles. The summed E-state index contributed by atoms with van der Waals surface area (Å²) in [7, 11) is 3.59. The molecule has 1 aliphatic rings. The lowest BCUT2D eigenvalue weighted by Gasteiger charge is -2.19. The minimum Gasteiger partial charge on any atom is -1.00 e. The van der Waals surface area contributed by atoms with Crippen LogP contribution in [-0.2, 0) is 12.8 Å². The van der Waals surface area contributed by atoms with E-state index in [4.69, 9.17) is 9.93 Å². The van der Waals surface area contributed by atoms with Gasteiger partial charge >= 0.3 is 5.88 Å². The minimum absolute atomic E-state index is 0. The quantitative estimate of drug-likeness (QED) is 0.224. The van der Waals surface area contributed by atoms with Crippen LogP contribution in [-0.4, -0.2) is 31.0 Å². The topological polar surface area (TPSA) is 118 Å². The summed E-state index contributed by atoms with van der Waals surface area (Å²) in [6, 6.07) is 2.22. The van der Waals surface area contributed by atoms with Crippen molar-refractivity contribution in [1.82, 2.24) is 5.27 Å². The van der Waals surface area contributed by atoms with Crippen LogP contribution in [0.3, 0.4) is 0 Å². The average molecular weight is 427 g/mol. The summed E-state index contributed by atoms with van der Waals surface area (Å²) in [4.78, 5) is 5.37. The molecule has 0 aromatic carbocycles. The molecule has 144 valence electrons. The van der Waals surface area contributed by atoms with Crippen LogP contribution in [0.4, 0.5) is 5.88 Å². The standard InChI is InChI=1S/C16H18N6O2S2.ClH/c1-21(2)22-8-14(24-20-22)19-13(23)9-25-16-11-6-4-3-5-10(11)12(7-17)15(18)26-16;/h8,18H,3-6,9H2,1-2H3;1H. The molecule has 27 heavy (non-hydrogen) atoms. The third-order valence-electron chi connectivity index (χ3n) is 3.99. The monoisotopic (exact) mass is 426 g/mol. The molecular weight excluding hydrogens is 408 g/mol. The molecule has 0 amide bonds. The predicted octanol–water partition coefficient (Wildman–Crippen LogP) is -4.18. The summed E-state index contributed by atoms with van der Waals surface area (Å²) < 4.78 is 6.53. The van der Waals surface area contributed by atoms with Crippen LogP contribution in [0, 0.1) is 11.3 Å². The van der Waals surface area contributed by atoms with E-state index in [0.29, 0.717) is 10.2 Å². The Balaban J connectivity index is 0.00000261. The molecular formula is C16H19ClN6O2S2. The first kappa shape index (κ1) is 21.2. The lowest BCUT2D eigenvalue weighted by atomic mass is 9.91. The highest BCUT2D eigenvalue weighted by molar-refractivity contribution is 8.01. The number of aromatic nitrogens is 2. The van der Waals surface area contributed by atoms with Gasteiger partial charge in [0, 0.05) is 5.75 Å². The van der Waals surface area contributed by atoms with Crippen LogP contribution < -0.4 is 37.4 Å². The Hall–Kier alpha value is -2.09. The fraction of sp³-hybridized carbons (Fsp3) is 0.438. The average Bonchev–Trinajstić information content (AvgIpc) is 3.08. The fourth-order valence-electron chi connectivity index (χ4n) is 2.76. The number of halogens is 1. The second kappa shape index (κ2) is 9.21. The zero-order chi connectivity index (χ0) is 18.7. The molecule has 0 atom stereocenters. The second-order valence-corrected chi connectivity index (χ2v) is 8.30. The summed E-state index contributed by atoms with van der Waals surface area (Å²) in [6.45, 7) is 0. The van der Waals surface area contributed by atoms with Crippen LogP contribution in [0.2, 0.25) is 0 Å². The van der Waals surface area contributed by atoms with E-state index in [-0.39, 0.29) is 29.9 Å². The first-order valence-electron chi connectivity index (χ1n) is 8.10. The van der Waals surface area contributed by atoms with E-state index < -0.39 is 0 Å². The predicted molar refractivity (Wildman–Crippen MR) is 95.3 cm³/mol. The van der Waals surface area contributed by atoms with Gasteiger partial charge in [0.1, 0.15) is 11.6 Å². The number of nitriles is 1. The summed E-state index contributed by atoms with van der Waals surface area (Å²) in [6.07, 6.45) is 5.46. The van der Waals surface area contributed by atoms with Gasteiger partial charge in [-0.15, -0.1) is 11.8 Å². The van der Waals surface area contributed by atoms with Gasteiger partial charge in [-0.1, -0.05) is 11.3 Å². The number of fused-ring (bicyclic) bond motifs is 1. The molecule has 0 radical (unpaired) electrons. The minimum atomic E-state index is -0.309. The lowest BCUT2D eigenvalue weighted by molar-refractivity contribution is -0.753. The number of nitrogens with two attached hydrogens (primary N) is 1. The van der Waals surface area contributed by atoms with E-state index in [1.54, 1.807) is 19.1 Å². The van der Waals surface area contributed by atoms with Gasteiger partial charge in [0.15, 0.2) is 0 Å². The molecule has 2 N–H and O–H groups in total. The second-order valence-electron chi connectivity index (χ2n) is 6.01. The number of aliphatic imine (C=N–C) groups is 1. The maximum atomic E-state index is 12.2. The lowest BCUT2D eigenvalue weighted by Crippen LogP contribution is -3.00. The maximum Gasteiger partial charge on any atom is 0.324 e. The van der Waals surface area contributed by atoms with Gasteiger partial charge in [0.25, 0.3) is 10.9 Å². The van der Waals surface area contributed by atoms with Crippen molar-refractivity contribution in [2.24, 2.45) is 4.99 Å². The van der Waals surface area contributed by atoms with E-state index in [0.717, 1.165) is 41.0 Å². The van der Waals surface area contributed by atoms with E-state index in [2.05, 4.69) is 16.3 Å². The highest BCUT2D eigenvalue weighted by Crippen LogP contribution is 2.33. The molecule has 8 nitrogen and oxygen atoms in total. The molecule has 1 aliphatic carbocycles. The molecule has 2 heterocycles. The van der Waals surface area contributed by atoms with Crippen molar-refractivity contribution in [1.29, 1.82) is 5.26 Å². The van der Waals surface area contributed by atoms with Gasteiger partial charge in [0.05, 0.1) is 23.1 Å². The van der Waals surface area contributed by atoms with Gasteiger partial charge in [-0.3, -0.25) is 4.52 Å². The maximum absolute atomic E-state index is 12.2. The van der Waals surface area contributed by atoms with Crippen molar-refractivity contribution >= 4 is 34.9 Å². The number of hydrogen-bond acceptors (Lipinski definition) is 8. The van der Waals surface area contributed by atoms with Gasteiger partial charge < -0.3 is 17.5 Å². The molecule has 0 spiro atoms. The Kier molecular flexibility index (Phi) is 7.24. The SMILES string of the molecule is CN(C)[n+]1cc(/N=C(\[O-])CSc2sc(=[NH2+])c(C#N)c3c2CCCC3)on1.[Cl-]. The van der Waals surface area contributed by atoms with Crippen molar-refractivity contribution in [2.45, 2.75) is 29.9 Å². The van der Waals surface area contributed by atoms with Crippen LogP contribution in [0.5, 0.6) is 0 Å². The Labute approximate surface area is 171 Å². The van der Waals surface area contributed by atoms with Crippen molar-refractivity contribution in [3.8, 4) is 6.07 Å². The zero-order valence-electron chi connectivity index (χ0n) is 14.9. The molecule has 0 saturated heterocycles. The Morgan fingerprint density at radius 3 is 2.81 bits per heavy atom. The number of thioether (sulfide) groups is 1. The third-order valence-corrected chi connectivity index (χ3v) is 6.35. The summed E-state index contributed by atoms with van der Waals surface area (Å²) in [5, 5.41) is 33.0. The van der Waals surface area contributed by atoms with Crippen LogP contribution in [0.25, 0.3) is 0 Å². The van der Waals surface area contributed by atoms with Gasteiger partial charge in [-0.05, 0) is 42.7 Å². The van der Waals surface area contributed by atoms with Crippen molar-refractivity contribution in [3.63, 3.8) is 0 Å². The molecule has 0 saturated carbocycles. The van der Waals surface area contributed by atoms with E-state index >= 15 is 0 Å². The number of nitrogens with zero attached hydrogens (tertiary/aromatic N) is 5. The van der Waals surface area contributed by atoms with Gasteiger partial charge in [-0.25, -0.2) is 10.4 Å². The van der Waals surface area contributed by atoms with Gasteiger partial charge in [-0.2, -0.15) is 10.3 Å². The van der Waals surface area contributed by atoms with Crippen LogP contribution in [0.1, 0.15) is 29.5 Å². The van der Waals surface area contributed by atoms with Crippen LogP contribution >= 0.6 is 23.1 Å². The van der Waals surface area contributed by atoms with Crippen LogP contribution in [0.15, 0.2) is 19.9 Å². The van der Waals surface area contributed by atoms with E-state index in [1.807, 2.05) is 0 Å². The normalized spacial score (nSPS) is 13.4. The Bertz CT molecular complexity index is 947. The first-order chi connectivity index (χ1) is 12.5. The first-order valence-corrected chi connectivity index (χ1v) is 9.91. The summed E-state index contributed by atoms with van der Waals surface area (Å²) in [5.74, 6) is 0.0304. The van der Waals surface area contributed by atoms with E-state index in [1.165, 1.54) is 34.1 Å². The largest absolute Gasteiger partial charge is 1.00 e. The van der Waals surface area contributed by atoms with Crippen molar-refractivity contribution < 1.29 is 32.2 Å². The molecule has 3 rings (SSSR count). The Morgan fingerprint density at radius 2 is 2.19 bits per heavy atom. The van der Waals surface area contributed by atoms with Gasteiger partial charge in [0.2, 0.25) is 5.27 Å². The highest BCUT2D eigenvalue weighted by Gasteiger charge is 2.21. The van der Waals surface area contributed by atoms with E-state index in [9.17, 15) is 10.4 Å².